The summed E-state index contributed by atoms with van der Waals surface area (Å²) in [6, 6.07) is 7.92. The van der Waals surface area contributed by atoms with Crippen molar-refractivity contribution in [1.82, 2.24) is 9.97 Å². The summed E-state index contributed by atoms with van der Waals surface area (Å²) in [5, 5.41) is 0. The zero-order valence-electron chi connectivity index (χ0n) is 22.8. The summed E-state index contributed by atoms with van der Waals surface area (Å²) in [6.07, 6.45) is 23.9. The molecule has 0 saturated heterocycles. The highest BCUT2D eigenvalue weighted by molar-refractivity contribution is 5.56. The van der Waals surface area contributed by atoms with Gasteiger partial charge in [-0.2, -0.15) is 0 Å². The van der Waals surface area contributed by atoms with Crippen molar-refractivity contribution in [3.63, 3.8) is 0 Å². The molecular weight excluding hydrogens is 448 g/mol. The minimum atomic E-state index is 0.600. The Kier molecular flexibility index (Phi) is 17.2. The number of allylic oxidation sites excluding steroid dienone is 1. The molecule has 1 aromatic carbocycles. The van der Waals surface area contributed by atoms with Gasteiger partial charge in [-0.15, -0.1) is 0 Å². The summed E-state index contributed by atoms with van der Waals surface area (Å²) in [5.41, 5.74) is 0.962. The minimum Gasteiger partial charge on any atom is -0.490 e. The first-order valence-corrected chi connectivity index (χ1v) is 14.2. The lowest BCUT2D eigenvalue weighted by Crippen LogP contribution is -2.02. The van der Waals surface area contributed by atoms with E-state index in [1.54, 1.807) is 12.4 Å². The van der Waals surface area contributed by atoms with Crippen LogP contribution in [0, 0.1) is 0 Å². The molecule has 0 N–H and O–H groups in total. The Hall–Kier alpha value is -2.40. The van der Waals surface area contributed by atoms with Crippen molar-refractivity contribution in [1.29, 1.82) is 0 Å². The molecule has 0 atom stereocenters. The molecule has 0 amide bonds. The third kappa shape index (κ3) is 14.2. The highest BCUT2D eigenvalue weighted by Gasteiger charge is 2.03. The lowest BCUT2D eigenvalue weighted by Gasteiger charge is -2.08. The van der Waals surface area contributed by atoms with Crippen LogP contribution in [0.25, 0.3) is 11.4 Å². The van der Waals surface area contributed by atoms with E-state index in [1.165, 1.54) is 64.2 Å². The Morgan fingerprint density at radius 3 is 1.94 bits per heavy atom. The topological polar surface area (TPSA) is 53.5 Å². The SMILES string of the molecule is CCCCCCCC/C=C/COc1ccc(-c2ncc(OCCCCOCCCCCC)cn2)cc1. The molecule has 0 aliphatic rings. The van der Waals surface area contributed by atoms with Crippen LogP contribution in [-0.2, 0) is 4.74 Å². The molecule has 0 bridgehead atoms. The van der Waals surface area contributed by atoms with Crippen molar-refractivity contribution in [2.24, 2.45) is 0 Å². The first-order chi connectivity index (χ1) is 17.8. The minimum absolute atomic E-state index is 0.600. The van der Waals surface area contributed by atoms with Crippen molar-refractivity contribution >= 4 is 0 Å². The standard InChI is InChI=1S/C31H48N2O3/c1-3-5-7-9-10-11-12-13-15-24-35-29-20-18-28(19-21-29)31-32-26-30(27-33-31)36-25-17-16-23-34-22-14-8-6-4-2/h13,15,18-21,26-27H,3-12,14,16-17,22-25H2,1-2H3/b15-13+. The molecule has 1 aromatic heterocycles. The van der Waals surface area contributed by atoms with Crippen LogP contribution in [0.15, 0.2) is 48.8 Å². The number of nitrogens with zero attached hydrogens (tertiary/aromatic N) is 2. The van der Waals surface area contributed by atoms with E-state index < -0.39 is 0 Å². The van der Waals surface area contributed by atoms with Gasteiger partial charge in [0, 0.05) is 18.8 Å². The number of unbranched alkanes of at least 4 members (excludes halogenated alkanes) is 10. The van der Waals surface area contributed by atoms with E-state index >= 15 is 0 Å². The first kappa shape index (κ1) is 29.8. The van der Waals surface area contributed by atoms with Crippen molar-refractivity contribution in [2.75, 3.05) is 26.4 Å². The molecule has 1 heterocycles. The van der Waals surface area contributed by atoms with Crippen LogP contribution in [0.1, 0.15) is 97.3 Å². The van der Waals surface area contributed by atoms with E-state index in [4.69, 9.17) is 14.2 Å². The van der Waals surface area contributed by atoms with Gasteiger partial charge in [-0.1, -0.05) is 77.4 Å². The summed E-state index contributed by atoms with van der Waals surface area (Å²) in [6.45, 7) is 7.42. The quantitative estimate of drug-likeness (QED) is 0.121. The summed E-state index contributed by atoms with van der Waals surface area (Å²) in [7, 11) is 0. The third-order valence-electron chi connectivity index (χ3n) is 6.07. The fourth-order valence-electron chi connectivity index (χ4n) is 3.84. The smallest absolute Gasteiger partial charge is 0.159 e. The molecule has 2 aromatic rings. The number of hydrogen-bond donors (Lipinski definition) is 0. The van der Waals surface area contributed by atoms with Gasteiger partial charge in [0.2, 0.25) is 0 Å². The van der Waals surface area contributed by atoms with Crippen molar-refractivity contribution in [3.05, 3.63) is 48.8 Å². The molecule has 200 valence electrons. The van der Waals surface area contributed by atoms with Crippen LogP contribution in [0.4, 0.5) is 0 Å². The summed E-state index contributed by atoms with van der Waals surface area (Å²) in [5.74, 6) is 2.24. The van der Waals surface area contributed by atoms with Crippen molar-refractivity contribution < 1.29 is 14.2 Å². The van der Waals surface area contributed by atoms with Crippen molar-refractivity contribution in [3.8, 4) is 22.9 Å². The van der Waals surface area contributed by atoms with E-state index in [1.807, 2.05) is 24.3 Å². The average molecular weight is 497 g/mol. The Labute approximate surface area is 219 Å². The number of benzene rings is 1. The number of rotatable bonds is 22. The van der Waals surface area contributed by atoms with Gasteiger partial charge >= 0.3 is 0 Å². The van der Waals surface area contributed by atoms with E-state index in [2.05, 4.69) is 36.0 Å². The van der Waals surface area contributed by atoms with E-state index in [0.717, 1.165) is 43.8 Å². The molecular formula is C31H48N2O3. The van der Waals surface area contributed by atoms with Crippen LogP contribution in [0.5, 0.6) is 11.5 Å². The molecule has 5 heteroatoms. The molecule has 0 radical (unpaired) electrons. The third-order valence-corrected chi connectivity index (χ3v) is 6.07. The van der Waals surface area contributed by atoms with Crippen LogP contribution < -0.4 is 9.47 Å². The first-order valence-electron chi connectivity index (χ1n) is 14.2. The van der Waals surface area contributed by atoms with Gasteiger partial charge in [-0.25, -0.2) is 9.97 Å². The van der Waals surface area contributed by atoms with E-state index in [0.29, 0.717) is 24.8 Å². The molecule has 2 rings (SSSR count). The molecule has 36 heavy (non-hydrogen) atoms. The molecule has 5 nitrogen and oxygen atoms in total. The Balaban J connectivity index is 1.56. The van der Waals surface area contributed by atoms with Crippen LogP contribution in [0.3, 0.4) is 0 Å². The predicted octanol–water partition coefficient (Wildman–Crippen LogP) is 8.59. The van der Waals surface area contributed by atoms with Crippen LogP contribution in [0.2, 0.25) is 0 Å². The number of aromatic nitrogens is 2. The highest BCUT2D eigenvalue weighted by atomic mass is 16.5. The zero-order valence-corrected chi connectivity index (χ0v) is 22.8. The molecule has 0 unspecified atom stereocenters. The van der Waals surface area contributed by atoms with Crippen molar-refractivity contribution in [2.45, 2.75) is 97.3 Å². The summed E-state index contributed by atoms with van der Waals surface area (Å²) < 4.78 is 17.3. The van der Waals surface area contributed by atoms with Gasteiger partial charge in [0.05, 0.1) is 19.0 Å². The van der Waals surface area contributed by atoms with Gasteiger partial charge in [0.1, 0.15) is 12.4 Å². The van der Waals surface area contributed by atoms with Gasteiger partial charge in [-0.05, 0) is 56.4 Å². The highest BCUT2D eigenvalue weighted by Crippen LogP contribution is 2.20. The molecule has 0 saturated carbocycles. The monoisotopic (exact) mass is 496 g/mol. The van der Waals surface area contributed by atoms with Gasteiger partial charge in [0.15, 0.2) is 11.6 Å². The Morgan fingerprint density at radius 2 is 1.22 bits per heavy atom. The second kappa shape index (κ2) is 20.8. The maximum absolute atomic E-state index is 5.82. The largest absolute Gasteiger partial charge is 0.490 e. The normalized spacial score (nSPS) is 11.3. The number of hydrogen-bond acceptors (Lipinski definition) is 5. The zero-order chi connectivity index (χ0) is 25.5. The maximum Gasteiger partial charge on any atom is 0.159 e. The fourth-order valence-corrected chi connectivity index (χ4v) is 3.84. The Morgan fingerprint density at radius 1 is 0.611 bits per heavy atom. The van der Waals surface area contributed by atoms with Gasteiger partial charge in [-0.3, -0.25) is 0 Å². The Bertz CT molecular complexity index is 790. The molecule has 0 aliphatic heterocycles. The van der Waals surface area contributed by atoms with E-state index in [9.17, 15) is 0 Å². The second-order valence-corrected chi connectivity index (χ2v) is 9.33. The lowest BCUT2D eigenvalue weighted by atomic mass is 10.1. The molecule has 0 fully saturated rings. The molecule has 0 spiro atoms. The molecule has 0 aliphatic carbocycles. The van der Waals surface area contributed by atoms with E-state index in [-0.39, 0.29) is 0 Å². The summed E-state index contributed by atoms with van der Waals surface area (Å²) in [4.78, 5) is 8.91. The predicted molar refractivity (Wildman–Crippen MR) is 150 cm³/mol. The fraction of sp³-hybridized carbons (Fsp3) is 0.613. The summed E-state index contributed by atoms with van der Waals surface area (Å²) >= 11 is 0. The van der Waals surface area contributed by atoms with Gasteiger partial charge < -0.3 is 14.2 Å². The number of ether oxygens (including phenoxy) is 3. The average Bonchev–Trinajstić information content (AvgIpc) is 2.91. The van der Waals surface area contributed by atoms with Crippen LogP contribution in [-0.4, -0.2) is 36.4 Å². The second-order valence-electron chi connectivity index (χ2n) is 9.33. The lowest BCUT2D eigenvalue weighted by molar-refractivity contribution is 0.122. The maximum atomic E-state index is 5.82. The van der Waals surface area contributed by atoms with Gasteiger partial charge in [0.25, 0.3) is 0 Å². The van der Waals surface area contributed by atoms with Crippen LogP contribution >= 0.6 is 0 Å².